The summed E-state index contributed by atoms with van der Waals surface area (Å²) in [4.78, 5) is 13.8. The lowest BCUT2D eigenvalue weighted by Gasteiger charge is -2.14. The molecule has 110 valence electrons. The third-order valence-electron chi connectivity index (χ3n) is 2.94. The fourth-order valence-electron chi connectivity index (χ4n) is 2.08. The Morgan fingerprint density at radius 1 is 1.30 bits per heavy atom. The molecule has 0 aliphatic carbocycles. The van der Waals surface area contributed by atoms with Crippen LogP contribution in [0.4, 0.5) is 14.5 Å². The van der Waals surface area contributed by atoms with Crippen molar-refractivity contribution in [3.8, 4) is 5.75 Å². The predicted molar refractivity (Wildman–Crippen MR) is 72.2 cm³/mol. The monoisotopic (exact) mass is 304 g/mol. The molecule has 1 aliphatic rings. The fourth-order valence-corrected chi connectivity index (χ4v) is 2.17. The number of carbonyl (C=O) groups excluding carboxylic acids is 1. The van der Waals surface area contributed by atoms with Crippen molar-refractivity contribution in [2.24, 2.45) is 0 Å². The Kier molecular flexibility index (Phi) is 4.77. The lowest BCUT2D eigenvalue weighted by atomic mass is 10.3. The first-order chi connectivity index (χ1) is 9.42. The Morgan fingerprint density at radius 2 is 1.90 bits per heavy atom. The van der Waals surface area contributed by atoms with Crippen LogP contribution in [0.2, 0.25) is 0 Å². The third kappa shape index (κ3) is 4.94. The molecule has 7 heteroatoms. The molecule has 0 aromatic heterocycles. The van der Waals surface area contributed by atoms with E-state index < -0.39 is 5.57 Å². The highest BCUT2D eigenvalue weighted by molar-refractivity contribution is 6.20. The van der Waals surface area contributed by atoms with E-state index in [-0.39, 0.29) is 11.7 Å². The number of ether oxygens (including phenoxy) is 1. The molecular formula is C13H15ClF2N2O2. The molecule has 0 atom stereocenters. The van der Waals surface area contributed by atoms with E-state index in [0.717, 1.165) is 25.9 Å². The molecule has 1 aromatic carbocycles. The van der Waals surface area contributed by atoms with E-state index in [0.29, 0.717) is 12.2 Å². The van der Waals surface area contributed by atoms with Gasteiger partial charge in [0.05, 0.1) is 6.54 Å². The summed E-state index contributed by atoms with van der Waals surface area (Å²) in [5, 5.41) is 2.70. The zero-order chi connectivity index (χ0) is 14.6. The summed E-state index contributed by atoms with van der Waals surface area (Å²) in [6, 6.07) is 5.61. The van der Waals surface area contributed by atoms with Crippen LogP contribution in [0.5, 0.6) is 5.75 Å². The number of nitrogens with zero attached hydrogens (tertiary/aromatic N) is 1. The van der Waals surface area contributed by atoms with Gasteiger partial charge in [0.25, 0.3) is 0 Å². The summed E-state index contributed by atoms with van der Waals surface area (Å²) >= 11 is 4.66. The largest absolute Gasteiger partial charge is 0.487 e. The molecule has 1 saturated heterocycles. The molecule has 1 amide bonds. The number of hydrogen-bond donors (Lipinski definition) is 1. The van der Waals surface area contributed by atoms with E-state index in [1.807, 2.05) is 0 Å². The van der Waals surface area contributed by atoms with Crippen LogP contribution < -0.4 is 10.1 Å². The fraction of sp³-hybridized carbons (Fsp3) is 0.462. The van der Waals surface area contributed by atoms with Gasteiger partial charge in [0.1, 0.15) is 5.75 Å². The summed E-state index contributed by atoms with van der Waals surface area (Å²) in [5.41, 5.74) is -3.21. The molecule has 0 radical (unpaired) electrons. The maximum absolute atomic E-state index is 12.4. The van der Waals surface area contributed by atoms with Crippen LogP contribution in [0, 0.1) is 0 Å². The van der Waals surface area contributed by atoms with Crippen molar-refractivity contribution >= 4 is 23.2 Å². The van der Waals surface area contributed by atoms with E-state index in [1.54, 1.807) is 0 Å². The average Bonchev–Trinajstić information content (AvgIpc) is 2.82. The standard InChI is InChI=1S/C13H15ClF2N2O2/c14-13(15,16)20-11-5-3-10(4-6-11)17-12(19)9-18-7-1-2-8-18/h3-6H,1-2,7-9H2,(H,17,19). The Hall–Kier alpha value is -1.40. The summed E-state index contributed by atoms with van der Waals surface area (Å²) in [5.74, 6) is -0.189. The number of benzene rings is 1. The van der Waals surface area contributed by atoms with E-state index in [4.69, 9.17) is 0 Å². The van der Waals surface area contributed by atoms with E-state index in [2.05, 4.69) is 26.6 Å². The van der Waals surface area contributed by atoms with Gasteiger partial charge in [-0.25, -0.2) is 0 Å². The maximum Gasteiger partial charge on any atom is 0.487 e. The Balaban J connectivity index is 1.85. The highest BCUT2D eigenvalue weighted by Crippen LogP contribution is 2.25. The number of halogens is 3. The maximum atomic E-state index is 12.4. The van der Waals surface area contributed by atoms with Crippen molar-refractivity contribution in [1.82, 2.24) is 4.90 Å². The van der Waals surface area contributed by atoms with Gasteiger partial charge in [-0.05, 0) is 50.2 Å². The van der Waals surface area contributed by atoms with Gasteiger partial charge < -0.3 is 10.1 Å². The zero-order valence-electron chi connectivity index (χ0n) is 10.7. The summed E-state index contributed by atoms with van der Waals surface area (Å²) < 4.78 is 29.0. The molecule has 0 unspecified atom stereocenters. The number of rotatable bonds is 5. The first-order valence-electron chi connectivity index (χ1n) is 6.30. The van der Waals surface area contributed by atoms with Crippen LogP contribution in [0.1, 0.15) is 12.8 Å². The van der Waals surface area contributed by atoms with Gasteiger partial charge in [0.15, 0.2) is 0 Å². The minimum Gasteiger partial charge on any atom is -0.420 e. The number of nitrogens with one attached hydrogen (secondary N) is 1. The van der Waals surface area contributed by atoms with Crippen molar-refractivity contribution in [1.29, 1.82) is 0 Å². The molecule has 1 N–H and O–H groups in total. The number of carbonyl (C=O) groups is 1. The molecule has 1 heterocycles. The van der Waals surface area contributed by atoms with Gasteiger partial charge >= 0.3 is 5.57 Å². The SMILES string of the molecule is O=C(CN1CCCC1)Nc1ccc(OC(F)(F)Cl)cc1. The molecule has 0 spiro atoms. The van der Waals surface area contributed by atoms with Gasteiger partial charge in [-0.2, -0.15) is 0 Å². The molecule has 2 rings (SSSR count). The predicted octanol–water partition coefficient (Wildman–Crippen LogP) is 2.89. The normalized spacial score (nSPS) is 16.1. The smallest absolute Gasteiger partial charge is 0.420 e. The Labute approximate surface area is 120 Å². The second-order valence-electron chi connectivity index (χ2n) is 4.60. The number of anilines is 1. The Bertz CT molecular complexity index is 456. The first-order valence-corrected chi connectivity index (χ1v) is 6.68. The summed E-state index contributed by atoms with van der Waals surface area (Å²) in [7, 11) is 0. The van der Waals surface area contributed by atoms with Crippen LogP contribution in [0.3, 0.4) is 0 Å². The average molecular weight is 305 g/mol. The number of likely N-dealkylation sites (tertiary alicyclic amines) is 1. The second kappa shape index (κ2) is 6.37. The molecular weight excluding hydrogens is 290 g/mol. The molecule has 1 aliphatic heterocycles. The molecule has 20 heavy (non-hydrogen) atoms. The van der Waals surface area contributed by atoms with Crippen molar-refractivity contribution < 1.29 is 18.3 Å². The highest BCUT2D eigenvalue weighted by Gasteiger charge is 2.27. The van der Waals surface area contributed by atoms with Crippen LogP contribution in [0.15, 0.2) is 24.3 Å². The van der Waals surface area contributed by atoms with E-state index >= 15 is 0 Å². The lowest BCUT2D eigenvalue weighted by molar-refractivity contribution is -0.117. The van der Waals surface area contributed by atoms with Gasteiger partial charge in [0.2, 0.25) is 5.91 Å². The van der Waals surface area contributed by atoms with Gasteiger partial charge in [-0.15, -0.1) is 8.78 Å². The lowest BCUT2D eigenvalue weighted by Crippen LogP contribution is -2.30. The first kappa shape index (κ1) is 15.0. The van der Waals surface area contributed by atoms with Crippen LogP contribution in [-0.2, 0) is 4.79 Å². The number of alkyl halides is 3. The quantitative estimate of drug-likeness (QED) is 0.851. The van der Waals surface area contributed by atoms with Crippen molar-refractivity contribution in [2.45, 2.75) is 18.4 Å². The number of hydrogen-bond acceptors (Lipinski definition) is 3. The molecule has 0 bridgehead atoms. The minimum atomic E-state index is -3.74. The van der Waals surface area contributed by atoms with Crippen molar-refractivity contribution in [3.63, 3.8) is 0 Å². The summed E-state index contributed by atoms with van der Waals surface area (Å²) in [6.07, 6.45) is 2.23. The van der Waals surface area contributed by atoms with Crippen molar-refractivity contribution in [2.75, 3.05) is 25.0 Å². The topological polar surface area (TPSA) is 41.6 Å². The van der Waals surface area contributed by atoms with Crippen LogP contribution >= 0.6 is 11.6 Å². The molecule has 0 saturated carbocycles. The molecule has 1 aromatic rings. The van der Waals surface area contributed by atoms with Gasteiger partial charge in [0, 0.05) is 17.3 Å². The Morgan fingerprint density at radius 3 is 2.45 bits per heavy atom. The molecule has 4 nitrogen and oxygen atoms in total. The molecule has 1 fully saturated rings. The van der Waals surface area contributed by atoms with Crippen LogP contribution in [-0.4, -0.2) is 36.0 Å². The van der Waals surface area contributed by atoms with E-state index in [9.17, 15) is 13.6 Å². The third-order valence-corrected chi connectivity index (χ3v) is 3.01. The van der Waals surface area contributed by atoms with Gasteiger partial charge in [-0.3, -0.25) is 9.69 Å². The highest BCUT2D eigenvalue weighted by atomic mass is 35.5. The zero-order valence-corrected chi connectivity index (χ0v) is 11.5. The van der Waals surface area contributed by atoms with Crippen LogP contribution in [0.25, 0.3) is 0 Å². The summed E-state index contributed by atoms with van der Waals surface area (Å²) in [6.45, 7) is 2.22. The van der Waals surface area contributed by atoms with Crippen molar-refractivity contribution in [3.05, 3.63) is 24.3 Å². The van der Waals surface area contributed by atoms with E-state index in [1.165, 1.54) is 24.3 Å². The van der Waals surface area contributed by atoms with Gasteiger partial charge in [-0.1, -0.05) is 0 Å². The second-order valence-corrected chi connectivity index (χ2v) is 5.04. The number of amides is 1. The minimum absolute atomic E-state index is 0.0671.